The molecule has 174 valence electrons. The SMILES string of the molecule is Cc1cc([C@@H](O)CN(CCC(C)C)CCC(C)C)cc2c1ccc1cc(C(C)C)ccc12. The van der Waals surface area contributed by atoms with E-state index in [9.17, 15) is 5.11 Å². The number of benzene rings is 3. The molecule has 0 heterocycles. The van der Waals surface area contributed by atoms with Crippen molar-refractivity contribution in [2.24, 2.45) is 11.8 Å². The van der Waals surface area contributed by atoms with Crippen molar-refractivity contribution in [3.63, 3.8) is 0 Å². The molecule has 0 fully saturated rings. The van der Waals surface area contributed by atoms with Crippen molar-refractivity contribution in [3.8, 4) is 0 Å². The van der Waals surface area contributed by atoms with E-state index in [-0.39, 0.29) is 0 Å². The smallest absolute Gasteiger partial charge is 0.0917 e. The van der Waals surface area contributed by atoms with Gasteiger partial charge in [-0.25, -0.2) is 0 Å². The summed E-state index contributed by atoms with van der Waals surface area (Å²) < 4.78 is 0. The molecule has 0 aliphatic heterocycles. The summed E-state index contributed by atoms with van der Waals surface area (Å²) in [6.07, 6.45) is 1.87. The summed E-state index contributed by atoms with van der Waals surface area (Å²) in [5.41, 5.74) is 3.65. The maximum absolute atomic E-state index is 11.3. The maximum Gasteiger partial charge on any atom is 0.0917 e. The van der Waals surface area contributed by atoms with Gasteiger partial charge in [0.2, 0.25) is 0 Å². The Balaban J connectivity index is 1.92. The number of rotatable bonds is 10. The molecule has 2 heteroatoms. The third kappa shape index (κ3) is 6.11. The molecule has 3 rings (SSSR count). The molecular weight excluding hydrogens is 390 g/mol. The topological polar surface area (TPSA) is 23.5 Å². The quantitative estimate of drug-likeness (QED) is 0.329. The first-order chi connectivity index (χ1) is 15.2. The second-order valence-corrected chi connectivity index (χ2v) is 10.8. The van der Waals surface area contributed by atoms with Crippen molar-refractivity contribution < 1.29 is 5.11 Å². The van der Waals surface area contributed by atoms with E-state index in [1.54, 1.807) is 0 Å². The van der Waals surface area contributed by atoms with E-state index in [0.717, 1.165) is 18.7 Å². The summed E-state index contributed by atoms with van der Waals surface area (Å²) in [6, 6.07) is 15.7. The van der Waals surface area contributed by atoms with Crippen LogP contribution in [-0.2, 0) is 0 Å². The third-order valence-corrected chi connectivity index (χ3v) is 6.73. The summed E-state index contributed by atoms with van der Waals surface area (Å²) in [4.78, 5) is 2.46. The molecule has 0 unspecified atom stereocenters. The third-order valence-electron chi connectivity index (χ3n) is 6.73. The number of aliphatic hydroxyl groups is 1. The second-order valence-electron chi connectivity index (χ2n) is 10.8. The van der Waals surface area contributed by atoms with Gasteiger partial charge >= 0.3 is 0 Å². The fourth-order valence-corrected chi connectivity index (χ4v) is 4.49. The predicted octanol–water partition coefficient (Wildman–Crippen LogP) is 7.85. The van der Waals surface area contributed by atoms with Gasteiger partial charge in [-0.2, -0.15) is 0 Å². The fourth-order valence-electron chi connectivity index (χ4n) is 4.49. The zero-order chi connectivity index (χ0) is 23.4. The summed E-state index contributed by atoms with van der Waals surface area (Å²) in [7, 11) is 0. The lowest BCUT2D eigenvalue weighted by Gasteiger charge is -2.27. The van der Waals surface area contributed by atoms with Crippen molar-refractivity contribution in [1.29, 1.82) is 0 Å². The van der Waals surface area contributed by atoms with Crippen LogP contribution in [0.5, 0.6) is 0 Å². The highest BCUT2D eigenvalue weighted by atomic mass is 16.3. The summed E-state index contributed by atoms with van der Waals surface area (Å²) >= 11 is 0. The molecule has 3 aromatic rings. The Morgan fingerprint density at radius 3 is 1.94 bits per heavy atom. The maximum atomic E-state index is 11.3. The first kappa shape index (κ1) is 24.7. The zero-order valence-electron chi connectivity index (χ0n) is 21.3. The van der Waals surface area contributed by atoms with Crippen LogP contribution in [-0.4, -0.2) is 29.6 Å². The number of hydrogen-bond acceptors (Lipinski definition) is 2. The van der Waals surface area contributed by atoms with Crippen LogP contribution in [0.4, 0.5) is 0 Å². The van der Waals surface area contributed by atoms with Gasteiger partial charge in [0, 0.05) is 6.54 Å². The minimum atomic E-state index is -0.470. The predicted molar refractivity (Wildman–Crippen MR) is 141 cm³/mol. The first-order valence-electron chi connectivity index (χ1n) is 12.5. The molecule has 3 aromatic carbocycles. The molecule has 0 saturated carbocycles. The molecule has 0 saturated heterocycles. The van der Waals surface area contributed by atoms with Crippen molar-refractivity contribution in [1.82, 2.24) is 4.90 Å². The van der Waals surface area contributed by atoms with Crippen LogP contribution >= 0.6 is 0 Å². The van der Waals surface area contributed by atoms with Crippen LogP contribution in [0.1, 0.15) is 83.1 Å². The normalized spacial score (nSPS) is 13.4. The molecule has 1 N–H and O–H groups in total. The molecular formula is C30H43NO. The average Bonchev–Trinajstić information content (AvgIpc) is 2.74. The molecule has 2 nitrogen and oxygen atoms in total. The van der Waals surface area contributed by atoms with Gasteiger partial charge in [-0.15, -0.1) is 0 Å². The van der Waals surface area contributed by atoms with Crippen molar-refractivity contribution in [3.05, 3.63) is 59.2 Å². The minimum absolute atomic E-state index is 0.470. The van der Waals surface area contributed by atoms with Crippen molar-refractivity contribution >= 4 is 21.5 Å². The Labute approximate surface area is 195 Å². The van der Waals surface area contributed by atoms with E-state index in [1.807, 2.05) is 0 Å². The highest BCUT2D eigenvalue weighted by molar-refractivity contribution is 6.08. The van der Waals surface area contributed by atoms with Crippen LogP contribution in [0.15, 0.2) is 42.5 Å². The van der Waals surface area contributed by atoms with Gasteiger partial charge in [-0.3, -0.25) is 0 Å². The van der Waals surface area contributed by atoms with E-state index >= 15 is 0 Å². The highest BCUT2D eigenvalue weighted by Gasteiger charge is 2.17. The number of hydrogen-bond donors (Lipinski definition) is 1. The highest BCUT2D eigenvalue weighted by Crippen LogP contribution is 2.32. The van der Waals surface area contributed by atoms with Crippen LogP contribution in [0.25, 0.3) is 21.5 Å². The molecule has 0 aromatic heterocycles. The van der Waals surface area contributed by atoms with E-state index in [2.05, 4.69) is 95.8 Å². The summed E-state index contributed by atoms with van der Waals surface area (Å²) in [6.45, 7) is 18.6. The molecule has 0 bridgehead atoms. The lowest BCUT2D eigenvalue weighted by atomic mass is 9.92. The second kappa shape index (κ2) is 10.8. The standard InChI is InChI=1S/C30H43NO/c1-20(2)12-14-31(15-13-21(3)4)19-30(32)26-16-23(7)27-10-9-25-17-24(22(5)6)8-11-28(25)29(27)18-26/h8-11,16-18,20-22,30,32H,12-15,19H2,1-7H3/t30-/m0/s1. The van der Waals surface area contributed by atoms with Gasteiger partial charge in [-0.1, -0.05) is 77.9 Å². The lowest BCUT2D eigenvalue weighted by Crippen LogP contribution is -2.32. The van der Waals surface area contributed by atoms with E-state index < -0.39 is 6.10 Å². The Morgan fingerprint density at radius 2 is 1.34 bits per heavy atom. The van der Waals surface area contributed by atoms with Crippen LogP contribution in [0.3, 0.4) is 0 Å². The Morgan fingerprint density at radius 1 is 0.719 bits per heavy atom. The molecule has 32 heavy (non-hydrogen) atoms. The first-order valence-corrected chi connectivity index (χ1v) is 12.5. The van der Waals surface area contributed by atoms with Crippen molar-refractivity contribution in [2.75, 3.05) is 19.6 Å². The fraction of sp³-hybridized carbons (Fsp3) is 0.533. The van der Waals surface area contributed by atoms with E-state index in [0.29, 0.717) is 24.3 Å². The Kier molecular flexibility index (Phi) is 8.36. The average molecular weight is 434 g/mol. The largest absolute Gasteiger partial charge is 0.387 e. The minimum Gasteiger partial charge on any atom is -0.387 e. The number of fused-ring (bicyclic) bond motifs is 3. The van der Waals surface area contributed by atoms with Crippen LogP contribution < -0.4 is 0 Å². The van der Waals surface area contributed by atoms with Gasteiger partial charge in [0.05, 0.1) is 6.10 Å². The lowest BCUT2D eigenvalue weighted by molar-refractivity contribution is 0.107. The van der Waals surface area contributed by atoms with Crippen LogP contribution in [0.2, 0.25) is 0 Å². The van der Waals surface area contributed by atoms with Gasteiger partial charge in [0.25, 0.3) is 0 Å². The number of aryl methyl sites for hydroxylation is 1. The summed E-state index contributed by atoms with van der Waals surface area (Å²) in [5, 5.41) is 16.3. The zero-order valence-corrected chi connectivity index (χ0v) is 21.3. The molecule has 0 amide bonds. The van der Waals surface area contributed by atoms with Gasteiger partial charge in [-0.05, 0) is 94.9 Å². The number of nitrogens with zero attached hydrogens (tertiary/aromatic N) is 1. The molecule has 0 radical (unpaired) electrons. The van der Waals surface area contributed by atoms with Gasteiger partial charge in [0.15, 0.2) is 0 Å². The monoisotopic (exact) mass is 433 g/mol. The number of aliphatic hydroxyl groups excluding tert-OH is 1. The Bertz CT molecular complexity index is 1020. The molecule has 0 aliphatic rings. The summed E-state index contributed by atoms with van der Waals surface area (Å²) in [5.74, 6) is 1.88. The molecule has 1 atom stereocenters. The van der Waals surface area contributed by atoms with E-state index in [4.69, 9.17) is 0 Å². The van der Waals surface area contributed by atoms with Crippen LogP contribution in [0, 0.1) is 18.8 Å². The Hall–Kier alpha value is -1.90. The van der Waals surface area contributed by atoms with Gasteiger partial charge < -0.3 is 10.0 Å². The molecule has 0 aliphatic carbocycles. The van der Waals surface area contributed by atoms with Crippen molar-refractivity contribution in [2.45, 2.75) is 73.3 Å². The van der Waals surface area contributed by atoms with E-state index in [1.165, 1.54) is 45.5 Å². The molecule has 0 spiro atoms. The van der Waals surface area contributed by atoms with Gasteiger partial charge in [0.1, 0.15) is 0 Å².